The first-order valence-electron chi connectivity index (χ1n) is 17.4. The molecule has 0 atom stereocenters. The summed E-state index contributed by atoms with van der Waals surface area (Å²) in [4.78, 5) is 10.3. The molecular weight excluding hydrogens is 463 g/mol. The Morgan fingerprint density at radius 1 is 0.405 bits per heavy atom. The van der Waals surface area contributed by atoms with Crippen molar-refractivity contribution >= 4 is 33.9 Å². The van der Waals surface area contributed by atoms with Crippen LogP contribution in [0.4, 0.5) is 0 Å². The minimum absolute atomic E-state index is 0.345. The van der Waals surface area contributed by atoms with Gasteiger partial charge in [-0.3, -0.25) is 4.79 Å². The van der Waals surface area contributed by atoms with Gasteiger partial charge >= 0.3 is 108 Å². The molecule has 0 aromatic heterocycles. The molecule has 0 fully saturated rings. The number of hydrogen-bond acceptors (Lipinski definition) is 1. The third kappa shape index (κ3) is 43.8. The van der Waals surface area contributed by atoms with E-state index in [0.29, 0.717) is 6.42 Å². The summed E-state index contributed by atoms with van der Waals surface area (Å²) in [5.41, 5.74) is 0. The first-order valence-corrected chi connectivity index (χ1v) is 18.8. The van der Waals surface area contributed by atoms with Crippen molar-refractivity contribution in [2.45, 2.75) is 210 Å². The quantitative estimate of drug-likeness (QED) is 0.0737. The molecule has 0 saturated carbocycles. The van der Waals surface area contributed by atoms with Crippen LogP contribution in [0.2, 0.25) is 3.67 Å². The Kier molecular flexibility index (Phi) is 41.3. The molecule has 0 radical (unpaired) electrons. The summed E-state index contributed by atoms with van der Waals surface area (Å²) in [6.45, 7) is 4.56. The van der Waals surface area contributed by atoms with Crippen molar-refractivity contribution in [2.75, 3.05) is 0 Å². The van der Waals surface area contributed by atoms with Gasteiger partial charge in [0, 0.05) is 6.42 Å². The van der Waals surface area contributed by atoms with Gasteiger partial charge in [-0.2, -0.15) is 0 Å². The Bertz CT molecular complexity index is 383. The van der Waals surface area contributed by atoms with Crippen LogP contribution in [0, 0.1) is 0 Å². The van der Waals surface area contributed by atoms with E-state index in [1.165, 1.54) is 205 Å². The molecule has 0 unspecified atom stereocenters. The minimum atomic E-state index is -0.655. The van der Waals surface area contributed by atoms with E-state index in [-0.39, 0.29) is 0 Å². The second-order valence-electron chi connectivity index (χ2n) is 11.7. The molecule has 0 rings (SSSR count). The molecule has 3 heteroatoms. The summed E-state index contributed by atoms with van der Waals surface area (Å²) in [6.07, 6.45) is 41.0. The van der Waals surface area contributed by atoms with E-state index < -0.39 is 5.97 Å². The van der Waals surface area contributed by atoms with Crippen LogP contribution < -0.4 is 0 Å². The van der Waals surface area contributed by atoms with Crippen molar-refractivity contribution in [3.05, 3.63) is 0 Å². The van der Waals surface area contributed by atoms with Gasteiger partial charge in [-0.15, -0.1) is 0 Å². The van der Waals surface area contributed by atoms with Crippen LogP contribution in [0.15, 0.2) is 0 Å². The summed E-state index contributed by atoms with van der Waals surface area (Å²) >= 11 is 1.41. The van der Waals surface area contributed by atoms with Crippen molar-refractivity contribution in [3.8, 4) is 0 Å². The molecule has 2 nitrogen and oxygen atoms in total. The zero-order valence-electron chi connectivity index (χ0n) is 26.3. The second kappa shape index (κ2) is 38.6. The third-order valence-electron chi connectivity index (χ3n) is 7.70. The number of carbonyl (C=O) groups is 1. The van der Waals surface area contributed by atoms with Gasteiger partial charge in [-0.25, -0.2) is 0 Å². The van der Waals surface area contributed by atoms with Crippen LogP contribution in [0.3, 0.4) is 0 Å². The number of carboxylic acid groups (broad SMARTS) is 1. The molecule has 1 N–H and O–H groups in total. The van der Waals surface area contributed by atoms with Gasteiger partial charge in [0.15, 0.2) is 0 Å². The van der Waals surface area contributed by atoms with Gasteiger partial charge in [0.2, 0.25) is 0 Å². The SMILES string of the molecule is CCCCCCCCCCCCCCCC(=O)O.CCCCCCCCCCCCCCCCC[CH2][Na]. The molecule has 0 spiro atoms. The van der Waals surface area contributed by atoms with E-state index >= 15 is 0 Å². The number of carboxylic acids is 1. The van der Waals surface area contributed by atoms with Crippen molar-refractivity contribution < 1.29 is 9.90 Å². The fourth-order valence-corrected chi connectivity index (χ4v) is 5.59. The van der Waals surface area contributed by atoms with E-state index in [2.05, 4.69) is 13.8 Å². The summed E-state index contributed by atoms with van der Waals surface area (Å²) in [5.74, 6) is -0.655. The van der Waals surface area contributed by atoms with Gasteiger partial charge in [0.1, 0.15) is 0 Å². The molecule has 0 aromatic rings. The van der Waals surface area contributed by atoms with Crippen LogP contribution in [0.25, 0.3) is 0 Å². The second-order valence-corrected chi connectivity index (χ2v) is 12.7. The Labute approximate surface area is 252 Å². The predicted octanol–water partition coefficient (Wildman–Crippen LogP) is 12.4. The van der Waals surface area contributed by atoms with Crippen molar-refractivity contribution in [1.29, 1.82) is 0 Å². The maximum absolute atomic E-state index is 10.3. The first-order chi connectivity index (χ1) is 18.2. The number of unbranched alkanes of at least 4 members (excludes halogenated alkanes) is 27. The molecule has 0 aliphatic heterocycles. The van der Waals surface area contributed by atoms with E-state index in [9.17, 15) is 4.79 Å². The number of hydrogen-bond donors (Lipinski definition) is 1. The fourth-order valence-electron chi connectivity index (χ4n) is 5.09. The predicted molar refractivity (Wildman–Crippen MR) is 168 cm³/mol. The van der Waals surface area contributed by atoms with Crippen LogP contribution in [-0.4, -0.2) is 39.0 Å². The number of aliphatic carboxylic acids is 1. The third-order valence-corrected chi connectivity index (χ3v) is 8.41. The maximum atomic E-state index is 10.3. The Morgan fingerprint density at radius 2 is 0.622 bits per heavy atom. The van der Waals surface area contributed by atoms with Gasteiger partial charge in [0.05, 0.1) is 0 Å². The normalized spacial score (nSPS) is 10.9. The van der Waals surface area contributed by atoms with Crippen LogP contribution >= 0.6 is 0 Å². The average molecular weight is 533 g/mol. The molecule has 218 valence electrons. The summed E-state index contributed by atoms with van der Waals surface area (Å²) in [7, 11) is 0. The van der Waals surface area contributed by atoms with E-state index in [0.717, 1.165) is 12.8 Å². The Balaban J connectivity index is 0. The average Bonchev–Trinajstić information content (AvgIpc) is 2.89. The Morgan fingerprint density at radius 3 is 0.838 bits per heavy atom. The topological polar surface area (TPSA) is 37.3 Å². The van der Waals surface area contributed by atoms with Gasteiger partial charge in [-0.05, 0) is 6.42 Å². The van der Waals surface area contributed by atoms with Crippen LogP contribution in [0.1, 0.15) is 206 Å². The van der Waals surface area contributed by atoms with E-state index in [4.69, 9.17) is 5.11 Å². The van der Waals surface area contributed by atoms with E-state index in [1.54, 1.807) is 0 Å². The van der Waals surface area contributed by atoms with Crippen LogP contribution in [-0.2, 0) is 4.79 Å². The summed E-state index contributed by atoms with van der Waals surface area (Å²) in [5, 5.41) is 8.49. The molecule has 37 heavy (non-hydrogen) atoms. The molecular formula is C34H69NaO2. The van der Waals surface area contributed by atoms with Crippen molar-refractivity contribution in [1.82, 2.24) is 0 Å². The molecule has 0 amide bonds. The van der Waals surface area contributed by atoms with Gasteiger partial charge in [0.25, 0.3) is 0 Å². The first kappa shape index (κ1) is 39.6. The zero-order chi connectivity index (χ0) is 27.5. The molecule has 0 heterocycles. The van der Waals surface area contributed by atoms with Crippen molar-refractivity contribution in [3.63, 3.8) is 0 Å². The zero-order valence-corrected chi connectivity index (χ0v) is 28.3. The van der Waals surface area contributed by atoms with Gasteiger partial charge in [-0.1, -0.05) is 123 Å². The fraction of sp³-hybridized carbons (Fsp3) is 0.971. The molecule has 0 aromatic carbocycles. The molecule has 0 aliphatic rings. The number of rotatable bonds is 30. The van der Waals surface area contributed by atoms with Crippen LogP contribution in [0.5, 0.6) is 0 Å². The Hall–Kier alpha value is 0.470. The summed E-state index contributed by atoms with van der Waals surface area (Å²) in [6, 6.07) is 0. The summed E-state index contributed by atoms with van der Waals surface area (Å²) < 4.78 is 1.51. The monoisotopic (exact) mass is 533 g/mol. The molecule has 0 bridgehead atoms. The molecule has 0 aliphatic carbocycles. The van der Waals surface area contributed by atoms with Crippen molar-refractivity contribution in [2.24, 2.45) is 0 Å². The standard InChI is InChI=1S/C18H37.C16H32O2.Na/c1-3-5-7-9-11-13-15-17-18-16-14-12-10-8-6-4-2;1-2-3-4-5-6-7-8-9-10-11-12-13-14-15-16(17)18;/h1,3-18H2,2H3;2-15H2,1H3,(H,17,18);. The van der Waals surface area contributed by atoms with Gasteiger partial charge < -0.3 is 5.11 Å². The van der Waals surface area contributed by atoms with E-state index in [1.807, 2.05) is 0 Å². The molecule has 0 saturated heterocycles.